The minimum atomic E-state index is -0.644. The summed E-state index contributed by atoms with van der Waals surface area (Å²) in [5, 5.41) is 8.74. The molecule has 1 aliphatic rings. The number of nitrogens with zero attached hydrogens (tertiary/aromatic N) is 2. The number of esters is 1. The standard InChI is InChI=1S/C24H21IN2O6S/c1-14(2)33-21(28)12-27-23(29)20(34-24(27)30)10-15-8-18(25)22(19(9-15)31-3)32-13-17-7-5-4-6-16(17)11-26/h4-10,14H,12-13H2,1-3H3/b20-10+. The molecule has 1 heterocycles. The summed E-state index contributed by atoms with van der Waals surface area (Å²) in [7, 11) is 1.50. The van der Waals surface area contributed by atoms with Crippen LogP contribution in [0, 0.1) is 14.9 Å². The van der Waals surface area contributed by atoms with Crippen molar-refractivity contribution in [1.82, 2.24) is 4.90 Å². The van der Waals surface area contributed by atoms with E-state index in [9.17, 15) is 19.6 Å². The number of imide groups is 1. The van der Waals surface area contributed by atoms with E-state index < -0.39 is 23.7 Å². The molecule has 3 rings (SSSR count). The van der Waals surface area contributed by atoms with Gasteiger partial charge in [0.1, 0.15) is 13.2 Å². The van der Waals surface area contributed by atoms with E-state index in [1.54, 1.807) is 44.2 Å². The lowest BCUT2D eigenvalue weighted by Crippen LogP contribution is -2.35. The Morgan fingerprint density at radius 2 is 2.00 bits per heavy atom. The van der Waals surface area contributed by atoms with Crippen LogP contribution in [0.5, 0.6) is 11.5 Å². The van der Waals surface area contributed by atoms with Crippen molar-refractivity contribution in [2.45, 2.75) is 26.6 Å². The molecule has 1 fully saturated rings. The van der Waals surface area contributed by atoms with E-state index in [1.807, 2.05) is 12.1 Å². The Kier molecular flexibility index (Phi) is 8.57. The van der Waals surface area contributed by atoms with Crippen LogP contribution in [-0.4, -0.2) is 41.8 Å². The SMILES string of the molecule is COc1cc(/C=C2/SC(=O)N(CC(=O)OC(C)C)C2=O)cc(I)c1OCc1ccccc1C#N. The first kappa shape index (κ1) is 25.6. The molecule has 0 saturated carbocycles. The average molecular weight is 592 g/mol. The fourth-order valence-corrected chi connectivity index (χ4v) is 4.70. The van der Waals surface area contributed by atoms with Crippen molar-refractivity contribution in [3.05, 3.63) is 61.6 Å². The number of thioether (sulfide) groups is 1. The number of benzene rings is 2. The van der Waals surface area contributed by atoms with E-state index >= 15 is 0 Å². The molecular formula is C24H21IN2O6S. The minimum Gasteiger partial charge on any atom is -0.493 e. The molecule has 1 saturated heterocycles. The summed E-state index contributed by atoms with van der Waals surface area (Å²) in [5.74, 6) is -0.266. The van der Waals surface area contributed by atoms with Crippen LogP contribution in [0.1, 0.15) is 30.5 Å². The lowest BCUT2D eigenvalue weighted by Gasteiger charge is -2.14. The number of carbonyl (C=O) groups is 3. The van der Waals surface area contributed by atoms with Crippen LogP contribution in [0.3, 0.4) is 0 Å². The summed E-state index contributed by atoms with van der Waals surface area (Å²) in [4.78, 5) is 37.9. The molecule has 0 spiro atoms. The summed E-state index contributed by atoms with van der Waals surface area (Å²) < 4.78 is 17.2. The second kappa shape index (κ2) is 11.4. The summed E-state index contributed by atoms with van der Waals surface area (Å²) in [6.07, 6.45) is 1.23. The lowest BCUT2D eigenvalue weighted by molar-refractivity contribution is -0.149. The molecule has 2 aromatic carbocycles. The number of ether oxygens (including phenoxy) is 3. The number of halogens is 1. The van der Waals surface area contributed by atoms with Crippen molar-refractivity contribution in [2.24, 2.45) is 0 Å². The maximum atomic E-state index is 12.7. The summed E-state index contributed by atoms with van der Waals surface area (Å²) in [6, 6.07) is 12.8. The number of hydrogen-bond donors (Lipinski definition) is 0. The van der Waals surface area contributed by atoms with E-state index in [0.717, 1.165) is 25.8 Å². The maximum Gasteiger partial charge on any atom is 0.326 e. The number of rotatable bonds is 8. The molecule has 0 aromatic heterocycles. The van der Waals surface area contributed by atoms with Gasteiger partial charge in [-0.1, -0.05) is 18.2 Å². The Hall–Kier alpha value is -3.04. The van der Waals surface area contributed by atoms with Gasteiger partial charge in [0.25, 0.3) is 11.1 Å². The van der Waals surface area contributed by atoms with Crippen molar-refractivity contribution in [1.29, 1.82) is 5.26 Å². The minimum absolute atomic E-state index is 0.181. The highest BCUT2D eigenvalue weighted by Crippen LogP contribution is 2.37. The Bertz CT molecular complexity index is 1200. The highest BCUT2D eigenvalue weighted by molar-refractivity contribution is 14.1. The third-order valence-electron chi connectivity index (χ3n) is 4.59. The number of carbonyl (C=O) groups excluding carboxylic acids is 3. The van der Waals surface area contributed by atoms with Gasteiger partial charge in [-0.25, -0.2) is 0 Å². The average Bonchev–Trinajstić information content (AvgIpc) is 3.04. The van der Waals surface area contributed by atoms with Crippen molar-refractivity contribution < 1.29 is 28.6 Å². The van der Waals surface area contributed by atoms with E-state index in [4.69, 9.17) is 14.2 Å². The van der Waals surface area contributed by atoms with Gasteiger partial charge in [0, 0.05) is 5.56 Å². The second-order valence-electron chi connectivity index (χ2n) is 7.40. The first-order chi connectivity index (χ1) is 16.2. The first-order valence-corrected chi connectivity index (χ1v) is 12.1. The van der Waals surface area contributed by atoms with Gasteiger partial charge in [-0.2, -0.15) is 5.26 Å². The third-order valence-corrected chi connectivity index (χ3v) is 6.30. The van der Waals surface area contributed by atoms with Crippen LogP contribution >= 0.6 is 34.4 Å². The number of amides is 2. The number of nitriles is 1. The molecule has 34 heavy (non-hydrogen) atoms. The summed E-state index contributed by atoms with van der Waals surface area (Å²) >= 11 is 2.85. The monoisotopic (exact) mass is 592 g/mol. The summed E-state index contributed by atoms with van der Waals surface area (Å²) in [5.41, 5.74) is 1.90. The normalized spacial score (nSPS) is 14.5. The van der Waals surface area contributed by atoms with Gasteiger partial charge in [0.05, 0.1) is 33.3 Å². The highest BCUT2D eigenvalue weighted by Gasteiger charge is 2.36. The first-order valence-electron chi connectivity index (χ1n) is 10.2. The molecule has 0 unspecified atom stereocenters. The highest BCUT2D eigenvalue weighted by atomic mass is 127. The number of methoxy groups -OCH3 is 1. The maximum absolute atomic E-state index is 12.7. The van der Waals surface area contributed by atoms with Crippen LogP contribution < -0.4 is 9.47 Å². The predicted octanol–water partition coefficient (Wildman–Crippen LogP) is 4.74. The van der Waals surface area contributed by atoms with E-state index in [-0.39, 0.29) is 17.6 Å². The fraction of sp³-hybridized carbons (Fsp3) is 0.250. The second-order valence-corrected chi connectivity index (χ2v) is 9.55. The zero-order valence-electron chi connectivity index (χ0n) is 18.7. The van der Waals surface area contributed by atoms with E-state index in [2.05, 4.69) is 28.7 Å². The molecule has 176 valence electrons. The van der Waals surface area contributed by atoms with Crippen LogP contribution in [-0.2, 0) is 20.9 Å². The molecule has 0 aliphatic carbocycles. The van der Waals surface area contributed by atoms with Crippen molar-refractivity contribution >= 4 is 57.5 Å². The van der Waals surface area contributed by atoms with Gasteiger partial charge in [-0.3, -0.25) is 19.3 Å². The Balaban J connectivity index is 1.80. The largest absolute Gasteiger partial charge is 0.493 e. The van der Waals surface area contributed by atoms with Gasteiger partial charge in [0.2, 0.25) is 0 Å². The van der Waals surface area contributed by atoms with Crippen LogP contribution in [0.15, 0.2) is 41.3 Å². The van der Waals surface area contributed by atoms with Gasteiger partial charge in [-0.05, 0) is 78.0 Å². The molecule has 1 aliphatic heterocycles. The third kappa shape index (κ3) is 6.09. The topological polar surface area (TPSA) is 106 Å². The van der Waals surface area contributed by atoms with Crippen molar-refractivity contribution in [2.75, 3.05) is 13.7 Å². The molecule has 0 atom stereocenters. The van der Waals surface area contributed by atoms with Crippen LogP contribution in [0.2, 0.25) is 0 Å². The molecule has 0 radical (unpaired) electrons. The van der Waals surface area contributed by atoms with Crippen LogP contribution in [0.25, 0.3) is 6.08 Å². The predicted molar refractivity (Wildman–Crippen MR) is 135 cm³/mol. The van der Waals surface area contributed by atoms with Crippen molar-refractivity contribution in [3.63, 3.8) is 0 Å². The van der Waals surface area contributed by atoms with Gasteiger partial charge < -0.3 is 14.2 Å². The fourth-order valence-electron chi connectivity index (χ4n) is 3.09. The Morgan fingerprint density at radius 1 is 1.26 bits per heavy atom. The van der Waals surface area contributed by atoms with Gasteiger partial charge >= 0.3 is 5.97 Å². The number of hydrogen-bond acceptors (Lipinski definition) is 8. The van der Waals surface area contributed by atoms with E-state index in [1.165, 1.54) is 7.11 Å². The van der Waals surface area contributed by atoms with Gasteiger partial charge in [0.15, 0.2) is 11.5 Å². The van der Waals surface area contributed by atoms with Crippen LogP contribution in [0.4, 0.5) is 4.79 Å². The molecule has 2 amide bonds. The quantitative estimate of drug-likeness (QED) is 0.246. The lowest BCUT2D eigenvalue weighted by atomic mass is 10.1. The molecule has 2 aromatic rings. The molecule has 8 nitrogen and oxygen atoms in total. The molecule has 0 bridgehead atoms. The molecule has 10 heteroatoms. The van der Waals surface area contributed by atoms with E-state index in [0.29, 0.717) is 22.6 Å². The Morgan fingerprint density at radius 3 is 2.68 bits per heavy atom. The molecule has 0 N–H and O–H groups in total. The zero-order chi connectivity index (χ0) is 24.8. The smallest absolute Gasteiger partial charge is 0.326 e. The Labute approximate surface area is 215 Å². The zero-order valence-corrected chi connectivity index (χ0v) is 21.6. The van der Waals surface area contributed by atoms with Crippen molar-refractivity contribution in [3.8, 4) is 17.6 Å². The van der Waals surface area contributed by atoms with Gasteiger partial charge in [-0.15, -0.1) is 0 Å². The molecular weight excluding hydrogens is 571 g/mol. The summed E-state index contributed by atoms with van der Waals surface area (Å²) in [6.45, 7) is 3.13.